The lowest BCUT2D eigenvalue weighted by Gasteiger charge is -2.40. The van der Waals surface area contributed by atoms with E-state index in [9.17, 15) is 14.0 Å². The van der Waals surface area contributed by atoms with Gasteiger partial charge in [-0.05, 0) is 56.4 Å². The third kappa shape index (κ3) is 4.59. The number of aryl methyl sites for hydroxylation is 1. The topological polar surface area (TPSA) is 81.3 Å². The molecule has 0 spiro atoms. The fourth-order valence-electron chi connectivity index (χ4n) is 4.06. The molecule has 1 atom stereocenters. The summed E-state index contributed by atoms with van der Waals surface area (Å²) in [6.07, 6.45) is 5.46. The van der Waals surface area contributed by atoms with Crippen LogP contribution >= 0.6 is 11.6 Å². The minimum atomic E-state index is -0.427. The zero-order valence-electron chi connectivity index (χ0n) is 16.8. The molecule has 0 bridgehead atoms. The van der Waals surface area contributed by atoms with Crippen LogP contribution in [0.4, 0.5) is 15.0 Å². The summed E-state index contributed by atoms with van der Waals surface area (Å²) in [6, 6.07) is 5.02. The third-order valence-corrected chi connectivity index (χ3v) is 6.12. The number of H-pyrrole nitrogens is 1. The van der Waals surface area contributed by atoms with Crippen molar-refractivity contribution in [1.29, 1.82) is 0 Å². The molecular weight excluding hydrogens is 409 g/mol. The number of piperidine rings is 1. The zero-order valence-corrected chi connectivity index (χ0v) is 17.6. The minimum Gasteiger partial charge on any atom is -0.350 e. The summed E-state index contributed by atoms with van der Waals surface area (Å²) in [5, 5.41) is 3.20. The average Bonchev–Trinajstić information content (AvgIpc) is 3.55. The molecule has 2 heterocycles. The number of rotatable bonds is 5. The van der Waals surface area contributed by atoms with Crippen molar-refractivity contribution in [2.45, 2.75) is 51.2 Å². The monoisotopic (exact) mass is 433 g/mol. The Morgan fingerprint density at radius 2 is 2.17 bits per heavy atom. The molecule has 4 rings (SSSR count). The van der Waals surface area contributed by atoms with Crippen LogP contribution in [0.2, 0.25) is 5.02 Å². The van der Waals surface area contributed by atoms with Crippen molar-refractivity contribution in [3.8, 4) is 0 Å². The lowest BCUT2D eigenvalue weighted by molar-refractivity contribution is 0.177. The normalized spacial score (nSPS) is 18.9. The summed E-state index contributed by atoms with van der Waals surface area (Å²) in [6.45, 7) is 3.11. The summed E-state index contributed by atoms with van der Waals surface area (Å²) in [5.74, 6) is 0.326. The number of benzene rings is 1. The van der Waals surface area contributed by atoms with Gasteiger partial charge in [-0.3, -0.25) is 4.98 Å². The first kappa shape index (κ1) is 20.7. The van der Waals surface area contributed by atoms with Gasteiger partial charge in [-0.2, -0.15) is 0 Å². The first-order valence-corrected chi connectivity index (χ1v) is 10.6. The molecule has 2 amide bonds. The number of carbonyl (C=O) groups is 1. The summed E-state index contributed by atoms with van der Waals surface area (Å²) >= 11 is 5.94. The SMILES string of the molecule is Cc1cc(CNC(=O)N2CCC[C@@H](N(c3ccnc(=O)[nH]3)C3CC3)C2)c(F)cc1Cl. The highest BCUT2D eigenvalue weighted by molar-refractivity contribution is 6.31. The number of aromatic nitrogens is 2. The molecular formula is C21H25ClFN5O2. The predicted octanol–water partition coefficient (Wildman–Crippen LogP) is 3.21. The molecule has 9 heteroatoms. The van der Waals surface area contributed by atoms with Gasteiger partial charge in [0, 0.05) is 48.5 Å². The molecule has 2 aromatic rings. The van der Waals surface area contributed by atoms with Crippen molar-refractivity contribution in [3.63, 3.8) is 0 Å². The average molecular weight is 434 g/mol. The maximum Gasteiger partial charge on any atom is 0.346 e. The molecule has 1 aliphatic carbocycles. The standard InChI is InChI=1S/C21H25ClFN5O2/c1-13-9-14(18(23)10-17(13)22)11-25-21(30)27-8-2-3-16(12-27)28(15-4-5-15)19-6-7-24-20(29)26-19/h6-7,9-10,15-16H,2-5,8,11-12H2,1H3,(H,25,30)(H,24,26,29)/t16-/m1/s1. The molecule has 160 valence electrons. The molecule has 30 heavy (non-hydrogen) atoms. The molecule has 2 fully saturated rings. The Morgan fingerprint density at radius 3 is 2.90 bits per heavy atom. The smallest absolute Gasteiger partial charge is 0.346 e. The maximum atomic E-state index is 14.1. The largest absolute Gasteiger partial charge is 0.350 e. The molecule has 7 nitrogen and oxygen atoms in total. The van der Waals surface area contributed by atoms with Gasteiger partial charge in [0.2, 0.25) is 0 Å². The van der Waals surface area contributed by atoms with E-state index in [0.717, 1.165) is 37.1 Å². The van der Waals surface area contributed by atoms with Gasteiger partial charge in [0.25, 0.3) is 0 Å². The number of likely N-dealkylation sites (tertiary alicyclic amines) is 1. The van der Waals surface area contributed by atoms with Crippen molar-refractivity contribution in [3.05, 3.63) is 56.8 Å². The lowest BCUT2D eigenvalue weighted by Crippen LogP contribution is -2.53. The van der Waals surface area contributed by atoms with Gasteiger partial charge >= 0.3 is 11.7 Å². The van der Waals surface area contributed by atoms with E-state index in [1.54, 1.807) is 17.9 Å². The Kier molecular flexibility index (Phi) is 5.94. The van der Waals surface area contributed by atoms with Crippen LogP contribution in [0.25, 0.3) is 0 Å². The van der Waals surface area contributed by atoms with Gasteiger partial charge in [-0.15, -0.1) is 0 Å². The quantitative estimate of drug-likeness (QED) is 0.758. The fourth-order valence-corrected chi connectivity index (χ4v) is 4.21. The van der Waals surface area contributed by atoms with E-state index < -0.39 is 5.82 Å². The van der Waals surface area contributed by atoms with Gasteiger partial charge in [-0.1, -0.05) is 11.6 Å². The van der Waals surface area contributed by atoms with Gasteiger partial charge < -0.3 is 15.1 Å². The second kappa shape index (κ2) is 8.63. The number of nitrogens with zero attached hydrogens (tertiary/aromatic N) is 3. The number of nitrogens with one attached hydrogen (secondary N) is 2. The van der Waals surface area contributed by atoms with Crippen molar-refractivity contribution in [2.24, 2.45) is 0 Å². The summed E-state index contributed by atoms with van der Waals surface area (Å²) in [4.78, 5) is 35.0. The number of aromatic amines is 1. The first-order chi connectivity index (χ1) is 14.4. The van der Waals surface area contributed by atoms with E-state index in [1.807, 2.05) is 6.07 Å². The summed E-state index contributed by atoms with van der Waals surface area (Å²) in [5.41, 5.74) is 0.809. The number of hydrogen-bond acceptors (Lipinski definition) is 4. The van der Waals surface area contributed by atoms with Crippen molar-refractivity contribution >= 4 is 23.4 Å². The lowest BCUT2D eigenvalue weighted by atomic mass is 10.0. The van der Waals surface area contributed by atoms with Crippen LogP contribution < -0.4 is 15.9 Å². The number of halogens is 2. The Balaban J connectivity index is 1.42. The summed E-state index contributed by atoms with van der Waals surface area (Å²) < 4.78 is 14.1. The Morgan fingerprint density at radius 1 is 1.37 bits per heavy atom. The highest BCUT2D eigenvalue weighted by atomic mass is 35.5. The van der Waals surface area contributed by atoms with Crippen LogP contribution in [-0.2, 0) is 6.54 Å². The molecule has 2 N–H and O–H groups in total. The van der Waals surface area contributed by atoms with E-state index in [1.165, 1.54) is 12.3 Å². The molecule has 1 aromatic heterocycles. The third-order valence-electron chi connectivity index (χ3n) is 5.71. The highest BCUT2D eigenvalue weighted by Crippen LogP contribution is 2.34. The Labute approximate surface area is 179 Å². The van der Waals surface area contributed by atoms with Gasteiger partial charge in [-0.25, -0.2) is 19.0 Å². The predicted molar refractivity (Wildman–Crippen MR) is 113 cm³/mol. The van der Waals surface area contributed by atoms with Crippen LogP contribution in [-0.4, -0.2) is 46.1 Å². The zero-order chi connectivity index (χ0) is 21.3. The van der Waals surface area contributed by atoms with Crippen LogP contribution in [0.1, 0.15) is 36.8 Å². The molecule has 2 aliphatic rings. The van der Waals surface area contributed by atoms with Gasteiger partial charge in [0.05, 0.1) is 0 Å². The number of amides is 2. The van der Waals surface area contributed by atoms with Crippen LogP contribution in [0, 0.1) is 12.7 Å². The molecule has 0 radical (unpaired) electrons. The number of anilines is 1. The maximum absolute atomic E-state index is 14.1. The number of hydrogen-bond donors (Lipinski definition) is 2. The highest BCUT2D eigenvalue weighted by Gasteiger charge is 2.37. The van der Waals surface area contributed by atoms with E-state index >= 15 is 0 Å². The van der Waals surface area contributed by atoms with E-state index in [0.29, 0.717) is 29.7 Å². The fraction of sp³-hybridized carbons (Fsp3) is 0.476. The van der Waals surface area contributed by atoms with Crippen molar-refractivity contribution in [1.82, 2.24) is 20.2 Å². The molecule has 1 saturated carbocycles. The Bertz CT molecular complexity index is 994. The van der Waals surface area contributed by atoms with E-state index in [-0.39, 0.29) is 24.3 Å². The van der Waals surface area contributed by atoms with Crippen LogP contribution in [0.5, 0.6) is 0 Å². The number of urea groups is 1. The van der Waals surface area contributed by atoms with Gasteiger partial charge in [0.15, 0.2) is 0 Å². The summed E-state index contributed by atoms with van der Waals surface area (Å²) in [7, 11) is 0. The van der Waals surface area contributed by atoms with E-state index in [2.05, 4.69) is 20.2 Å². The second-order valence-electron chi connectivity index (χ2n) is 7.99. The first-order valence-electron chi connectivity index (χ1n) is 10.2. The van der Waals surface area contributed by atoms with Crippen molar-refractivity contribution in [2.75, 3.05) is 18.0 Å². The van der Waals surface area contributed by atoms with Crippen LogP contribution in [0.3, 0.4) is 0 Å². The van der Waals surface area contributed by atoms with Gasteiger partial charge in [0.1, 0.15) is 11.6 Å². The molecule has 1 aromatic carbocycles. The number of carbonyl (C=O) groups excluding carboxylic acids is 1. The molecule has 1 aliphatic heterocycles. The Hall–Kier alpha value is -2.61. The minimum absolute atomic E-state index is 0.105. The van der Waals surface area contributed by atoms with Crippen molar-refractivity contribution < 1.29 is 9.18 Å². The molecule has 0 unspecified atom stereocenters. The molecule has 1 saturated heterocycles. The second-order valence-corrected chi connectivity index (χ2v) is 8.40. The van der Waals surface area contributed by atoms with Crippen LogP contribution in [0.15, 0.2) is 29.2 Å². The van der Waals surface area contributed by atoms with E-state index in [4.69, 9.17) is 11.6 Å².